The Hall–Kier alpha value is -3.32. The van der Waals surface area contributed by atoms with Crippen molar-refractivity contribution in [3.8, 4) is 5.75 Å². The summed E-state index contributed by atoms with van der Waals surface area (Å²) in [5, 5.41) is 1.03. The minimum absolute atomic E-state index is 0.0269. The van der Waals surface area contributed by atoms with Crippen LogP contribution >= 0.6 is 0 Å². The van der Waals surface area contributed by atoms with E-state index in [1.54, 1.807) is 32.2 Å². The highest BCUT2D eigenvalue weighted by molar-refractivity contribution is 5.99. The minimum atomic E-state index is -0.0961. The van der Waals surface area contributed by atoms with Crippen molar-refractivity contribution >= 4 is 22.7 Å². The molecule has 4 rings (SSSR count). The summed E-state index contributed by atoms with van der Waals surface area (Å²) in [7, 11) is 7.09. The monoisotopic (exact) mass is 435 g/mol. The second kappa shape index (κ2) is 9.04. The molecule has 7 heteroatoms. The van der Waals surface area contributed by atoms with E-state index < -0.39 is 0 Å². The Balaban J connectivity index is 1.64. The van der Waals surface area contributed by atoms with Crippen molar-refractivity contribution in [2.24, 2.45) is 7.05 Å². The van der Waals surface area contributed by atoms with Gasteiger partial charge in [0.25, 0.3) is 11.8 Å². The molecule has 2 aromatic carbocycles. The summed E-state index contributed by atoms with van der Waals surface area (Å²) in [4.78, 5) is 29.3. The van der Waals surface area contributed by atoms with Crippen LogP contribution in [0.1, 0.15) is 26.3 Å². The van der Waals surface area contributed by atoms with E-state index >= 15 is 0 Å². The van der Waals surface area contributed by atoms with Crippen molar-refractivity contribution < 1.29 is 19.1 Å². The van der Waals surface area contributed by atoms with Crippen LogP contribution in [0.4, 0.5) is 0 Å². The molecule has 1 aliphatic rings. The molecule has 0 aliphatic carbocycles. The van der Waals surface area contributed by atoms with Crippen LogP contribution in [-0.2, 0) is 18.2 Å². The average molecular weight is 436 g/mol. The molecule has 32 heavy (non-hydrogen) atoms. The van der Waals surface area contributed by atoms with Gasteiger partial charge in [-0.25, -0.2) is 0 Å². The predicted octanol–water partition coefficient (Wildman–Crippen LogP) is 2.97. The molecule has 0 unspecified atom stereocenters. The van der Waals surface area contributed by atoms with Gasteiger partial charge in [0.05, 0.1) is 26.4 Å². The lowest BCUT2D eigenvalue weighted by atomic mass is 10.0. The third kappa shape index (κ3) is 4.21. The molecule has 1 fully saturated rings. The van der Waals surface area contributed by atoms with Crippen molar-refractivity contribution in [3.05, 3.63) is 65.4 Å². The van der Waals surface area contributed by atoms with Crippen molar-refractivity contribution in [2.45, 2.75) is 12.5 Å². The standard InChI is InChI=1S/C25H29N3O4/c1-26(2)24(29)18-8-9-23-22(14-18)19(15-27(23)3)12-20-16-32-11-10-28(20)25(30)17-6-5-7-21(13-17)31-4/h5-9,13-15,20H,10-12,16H2,1-4H3/t20-/m0/s1. The molecular formula is C25H29N3O4. The van der Waals surface area contributed by atoms with Gasteiger partial charge in [-0.1, -0.05) is 6.07 Å². The highest BCUT2D eigenvalue weighted by Crippen LogP contribution is 2.26. The van der Waals surface area contributed by atoms with Gasteiger partial charge in [0, 0.05) is 55.9 Å². The molecule has 1 saturated heterocycles. The Morgan fingerprint density at radius 2 is 1.97 bits per heavy atom. The van der Waals surface area contributed by atoms with E-state index in [0.717, 1.165) is 16.5 Å². The Kier molecular flexibility index (Phi) is 6.19. The molecule has 0 radical (unpaired) electrons. The number of aryl methyl sites for hydroxylation is 1. The fourth-order valence-corrected chi connectivity index (χ4v) is 4.29. The lowest BCUT2D eigenvalue weighted by Crippen LogP contribution is -2.49. The second-order valence-corrected chi connectivity index (χ2v) is 8.36. The highest BCUT2D eigenvalue weighted by Gasteiger charge is 2.29. The highest BCUT2D eigenvalue weighted by atomic mass is 16.5. The molecule has 1 aliphatic heterocycles. The molecule has 0 saturated carbocycles. The Bertz CT molecular complexity index is 1150. The lowest BCUT2D eigenvalue weighted by molar-refractivity contribution is -0.00157. The predicted molar refractivity (Wildman–Crippen MR) is 123 cm³/mol. The van der Waals surface area contributed by atoms with Crippen molar-refractivity contribution in [1.82, 2.24) is 14.4 Å². The number of methoxy groups -OCH3 is 1. The molecule has 1 aromatic heterocycles. The fourth-order valence-electron chi connectivity index (χ4n) is 4.29. The molecule has 168 valence electrons. The zero-order valence-electron chi connectivity index (χ0n) is 19.0. The number of benzene rings is 2. The van der Waals surface area contributed by atoms with Crippen LogP contribution in [0.3, 0.4) is 0 Å². The summed E-state index contributed by atoms with van der Waals surface area (Å²) >= 11 is 0. The average Bonchev–Trinajstić information content (AvgIpc) is 3.12. The van der Waals surface area contributed by atoms with E-state index in [0.29, 0.717) is 43.1 Å². The molecule has 0 bridgehead atoms. The number of morpholine rings is 1. The molecule has 3 aromatic rings. The van der Waals surface area contributed by atoms with Gasteiger partial charge in [0.15, 0.2) is 0 Å². The first-order valence-electron chi connectivity index (χ1n) is 10.7. The molecule has 2 amide bonds. The van der Waals surface area contributed by atoms with Crippen LogP contribution in [-0.4, -0.2) is 73.2 Å². The van der Waals surface area contributed by atoms with Gasteiger partial charge in [-0.15, -0.1) is 0 Å². The number of carbonyl (C=O) groups is 2. The van der Waals surface area contributed by atoms with Gasteiger partial charge in [-0.3, -0.25) is 9.59 Å². The molecule has 0 spiro atoms. The SMILES string of the molecule is COc1cccc(C(=O)N2CCOC[C@@H]2Cc2cn(C)c3ccc(C(=O)N(C)C)cc23)c1. The van der Waals surface area contributed by atoms with Crippen molar-refractivity contribution in [1.29, 1.82) is 0 Å². The topological polar surface area (TPSA) is 64.0 Å². The van der Waals surface area contributed by atoms with Gasteiger partial charge in [-0.05, 0) is 48.4 Å². The summed E-state index contributed by atoms with van der Waals surface area (Å²) < 4.78 is 13.1. The number of ether oxygens (including phenoxy) is 2. The molecule has 7 nitrogen and oxygen atoms in total. The number of hydrogen-bond acceptors (Lipinski definition) is 4. The van der Waals surface area contributed by atoms with E-state index in [1.807, 2.05) is 48.3 Å². The van der Waals surface area contributed by atoms with E-state index in [-0.39, 0.29) is 17.9 Å². The zero-order valence-corrected chi connectivity index (χ0v) is 19.0. The number of nitrogens with zero attached hydrogens (tertiary/aromatic N) is 3. The van der Waals surface area contributed by atoms with E-state index in [9.17, 15) is 9.59 Å². The van der Waals surface area contributed by atoms with Gasteiger partial charge >= 0.3 is 0 Å². The van der Waals surface area contributed by atoms with Crippen molar-refractivity contribution in [2.75, 3.05) is 41.0 Å². The van der Waals surface area contributed by atoms with Crippen LogP contribution in [0, 0.1) is 0 Å². The normalized spacial score (nSPS) is 16.2. The minimum Gasteiger partial charge on any atom is -0.497 e. The smallest absolute Gasteiger partial charge is 0.254 e. The maximum Gasteiger partial charge on any atom is 0.254 e. The number of carbonyl (C=O) groups excluding carboxylic acids is 2. The summed E-state index contributed by atoms with van der Waals surface area (Å²) in [5.74, 6) is 0.603. The molecule has 0 N–H and O–H groups in total. The fraction of sp³-hybridized carbons (Fsp3) is 0.360. The molecular weight excluding hydrogens is 406 g/mol. The summed E-state index contributed by atoms with van der Waals surface area (Å²) in [6.45, 7) is 1.53. The lowest BCUT2D eigenvalue weighted by Gasteiger charge is -2.35. The van der Waals surface area contributed by atoms with Gasteiger partial charge in [-0.2, -0.15) is 0 Å². The summed E-state index contributed by atoms with van der Waals surface area (Å²) in [5.41, 5.74) is 3.40. The van der Waals surface area contributed by atoms with E-state index in [4.69, 9.17) is 9.47 Å². The summed E-state index contributed by atoms with van der Waals surface area (Å²) in [6, 6.07) is 12.9. The number of hydrogen-bond donors (Lipinski definition) is 0. The Morgan fingerprint density at radius 3 is 2.72 bits per heavy atom. The first kappa shape index (κ1) is 21.9. The number of amides is 2. The third-order valence-corrected chi connectivity index (χ3v) is 5.99. The second-order valence-electron chi connectivity index (χ2n) is 8.36. The van der Waals surface area contributed by atoms with Crippen LogP contribution < -0.4 is 4.74 Å². The Morgan fingerprint density at radius 1 is 1.16 bits per heavy atom. The first-order chi connectivity index (χ1) is 15.4. The maximum atomic E-state index is 13.3. The maximum absolute atomic E-state index is 13.3. The largest absolute Gasteiger partial charge is 0.497 e. The molecule has 1 atom stereocenters. The van der Waals surface area contributed by atoms with Gasteiger partial charge < -0.3 is 23.8 Å². The van der Waals surface area contributed by atoms with Crippen molar-refractivity contribution in [3.63, 3.8) is 0 Å². The summed E-state index contributed by atoms with van der Waals surface area (Å²) in [6.07, 6.45) is 2.73. The van der Waals surface area contributed by atoms with Gasteiger partial charge in [0.1, 0.15) is 5.75 Å². The number of fused-ring (bicyclic) bond motifs is 1. The first-order valence-corrected chi connectivity index (χ1v) is 10.7. The quantitative estimate of drug-likeness (QED) is 0.618. The van der Waals surface area contributed by atoms with E-state index in [1.165, 1.54) is 0 Å². The van der Waals surface area contributed by atoms with Crippen LogP contribution in [0.5, 0.6) is 5.75 Å². The number of aromatic nitrogens is 1. The van der Waals surface area contributed by atoms with Crippen LogP contribution in [0.2, 0.25) is 0 Å². The molecule has 2 heterocycles. The van der Waals surface area contributed by atoms with Crippen LogP contribution in [0.15, 0.2) is 48.7 Å². The number of rotatable bonds is 5. The third-order valence-electron chi connectivity index (χ3n) is 5.99. The van der Waals surface area contributed by atoms with E-state index in [2.05, 4.69) is 10.8 Å². The Labute approximate surface area is 188 Å². The zero-order chi connectivity index (χ0) is 22.8. The van der Waals surface area contributed by atoms with Crippen LogP contribution in [0.25, 0.3) is 10.9 Å². The van der Waals surface area contributed by atoms with Gasteiger partial charge in [0.2, 0.25) is 0 Å².